The molecule has 5 heteroatoms. The fraction of sp³-hybridized carbons (Fsp3) is 0.235. The van der Waals surface area contributed by atoms with Crippen LogP contribution in [0.1, 0.15) is 16.8 Å². The van der Waals surface area contributed by atoms with Crippen molar-refractivity contribution in [3.8, 4) is 11.5 Å². The summed E-state index contributed by atoms with van der Waals surface area (Å²) < 4.78 is 10.8. The van der Waals surface area contributed by atoms with Crippen molar-refractivity contribution < 1.29 is 14.3 Å². The van der Waals surface area contributed by atoms with E-state index < -0.39 is 0 Å². The number of hydrogen-bond donors (Lipinski definition) is 1. The van der Waals surface area contributed by atoms with Crippen LogP contribution in [0.4, 0.5) is 5.69 Å². The summed E-state index contributed by atoms with van der Waals surface area (Å²) in [5.74, 6) is 1.40. The molecule has 1 N–H and O–H groups in total. The Bertz CT molecular complexity index is 617. The molecule has 0 aliphatic heterocycles. The molecule has 0 spiro atoms. The molecular weight excluding hydrogens is 302 g/mol. The lowest BCUT2D eigenvalue weighted by Gasteiger charge is -2.13. The van der Waals surface area contributed by atoms with Gasteiger partial charge in [0, 0.05) is 17.6 Å². The number of halogens is 1. The molecule has 0 bridgehead atoms. The van der Waals surface area contributed by atoms with Crippen LogP contribution in [0, 0.1) is 0 Å². The Balaban J connectivity index is 2.18. The Morgan fingerprint density at radius 2 is 1.95 bits per heavy atom. The largest absolute Gasteiger partial charge is 0.497 e. The molecule has 0 saturated carbocycles. The second-order valence-electron chi connectivity index (χ2n) is 4.57. The maximum atomic E-state index is 12.4. The van der Waals surface area contributed by atoms with Crippen LogP contribution >= 0.6 is 11.6 Å². The van der Waals surface area contributed by atoms with Crippen LogP contribution < -0.4 is 14.8 Å². The lowest BCUT2D eigenvalue weighted by molar-refractivity contribution is 0.102. The minimum Gasteiger partial charge on any atom is -0.497 e. The van der Waals surface area contributed by atoms with E-state index in [0.29, 0.717) is 36.0 Å². The van der Waals surface area contributed by atoms with E-state index in [1.807, 2.05) is 30.3 Å². The molecule has 2 aromatic carbocycles. The van der Waals surface area contributed by atoms with Crippen molar-refractivity contribution in [2.75, 3.05) is 24.9 Å². The highest BCUT2D eigenvalue weighted by molar-refractivity contribution is 6.17. The van der Waals surface area contributed by atoms with Crippen LogP contribution in [-0.4, -0.2) is 25.5 Å². The van der Waals surface area contributed by atoms with Gasteiger partial charge in [0.05, 0.1) is 19.3 Å². The number of benzene rings is 2. The van der Waals surface area contributed by atoms with E-state index in [0.717, 1.165) is 5.69 Å². The molecule has 0 saturated heterocycles. The number of anilines is 1. The van der Waals surface area contributed by atoms with Crippen LogP contribution in [0.2, 0.25) is 0 Å². The standard InChI is InChI=1S/C17H18ClNO3/c1-21-14-8-9-15(16(12-14)22-11-5-10-18)17(20)19-13-6-3-2-4-7-13/h2-4,6-9,12H,5,10-11H2,1H3,(H,19,20). The summed E-state index contributed by atoms with van der Waals surface area (Å²) in [6.07, 6.45) is 0.707. The van der Waals surface area contributed by atoms with Crippen molar-refractivity contribution in [2.24, 2.45) is 0 Å². The molecule has 0 heterocycles. The minimum absolute atomic E-state index is 0.227. The molecule has 0 fully saturated rings. The molecule has 0 aliphatic carbocycles. The summed E-state index contributed by atoms with van der Waals surface area (Å²) >= 11 is 5.65. The van der Waals surface area contributed by atoms with Gasteiger partial charge >= 0.3 is 0 Å². The normalized spacial score (nSPS) is 10.1. The monoisotopic (exact) mass is 319 g/mol. The third kappa shape index (κ3) is 4.40. The molecule has 0 aliphatic rings. The molecule has 116 valence electrons. The van der Waals surface area contributed by atoms with Crippen molar-refractivity contribution in [1.29, 1.82) is 0 Å². The number of ether oxygens (including phenoxy) is 2. The van der Waals surface area contributed by atoms with Crippen molar-refractivity contribution in [3.63, 3.8) is 0 Å². The summed E-state index contributed by atoms with van der Waals surface area (Å²) in [4.78, 5) is 12.4. The van der Waals surface area contributed by atoms with Crippen molar-refractivity contribution >= 4 is 23.2 Å². The third-order valence-electron chi connectivity index (χ3n) is 3.00. The van der Waals surface area contributed by atoms with Crippen molar-refractivity contribution in [2.45, 2.75) is 6.42 Å². The Morgan fingerprint density at radius 1 is 1.18 bits per heavy atom. The fourth-order valence-corrected chi connectivity index (χ4v) is 2.00. The van der Waals surface area contributed by atoms with Gasteiger partial charge in [-0.05, 0) is 30.7 Å². The average molecular weight is 320 g/mol. The predicted molar refractivity (Wildman–Crippen MR) is 88.2 cm³/mol. The molecular formula is C17H18ClNO3. The van der Waals surface area contributed by atoms with Crippen LogP contribution in [0.5, 0.6) is 11.5 Å². The first-order chi connectivity index (χ1) is 10.7. The van der Waals surface area contributed by atoms with Gasteiger partial charge < -0.3 is 14.8 Å². The van der Waals surface area contributed by atoms with Gasteiger partial charge in [0.1, 0.15) is 11.5 Å². The number of rotatable bonds is 7. The van der Waals surface area contributed by atoms with Gasteiger partial charge in [-0.15, -0.1) is 11.6 Å². The van der Waals surface area contributed by atoms with E-state index in [1.165, 1.54) is 0 Å². The topological polar surface area (TPSA) is 47.6 Å². The van der Waals surface area contributed by atoms with Crippen LogP contribution in [0.15, 0.2) is 48.5 Å². The fourth-order valence-electron chi connectivity index (χ4n) is 1.89. The SMILES string of the molecule is COc1ccc(C(=O)Nc2ccccc2)c(OCCCCl)c1. The molecule has 2 aromatic rings. The zero-order valence-corrected chi connectivity index (χ0v) is 13.1. The first kappa shape index (κ1) is 16.2. The van der Waals surface area contributed by atoms with Gasteiger partial charge in [-0.3, -0.25) is 4.79 Å². The number of hydrogen-bond acceptors (Lipinski definition) is 3. The van der Waals surface area contributed by atoms with Crippen LogP contribution in [0.3, 0.4) is 0 Å². The van der Waals surface area contributed by atoms with E-state index >= 15 is 0 Å². The highest BCUT2D eigenvalue weighted by Gasteiger charge is 2.14. The maximum absolute atomic E-state index is 12.4. The second kappa shape index (κ2) is 8.29. The lowest BCUT2D eigenvalue weighted by Crippen LogP contribution is -2.14. The van der Waals surface area contributed by atoms with Gasteiger partial charge in [0.2, 0.25) is 0 Å². The van der Waals surface area contributed by atoms with Crippen molar-refractivity contribution in [3.05, 3.63) is 54.1 Å². The summed E-state index contributed by atoms with van der Waals surface area (Å²) in [6, 6.07) is 14.4. The Hall–Kier alpha value is -2.20. The average Bonchev–Trinajstić information content (AvgIpc) is 2.55. The number of amides is 1. The van der Waals surface area contributed by atoms with Gasteiger partial charge in [0.25, 0.3) is 5.91 Å². The Labute approximate surface area is 135 Å². The van der Waals surface area contributed by atoms with Gasteiger partial charge in [-0.2, -0.15) is 0 Å². The lowest BCUT2D eigenvalue weighted by atomic mass is 10.1. The second-order valence-corrected chi connectivity index (χ2v) is 4.95. The van der Waals surface area contributed by atoms with Crippen molar-refractivity contribution in [1.82, 2.24) is 0 Å². The maximum Gasteiger partial charge on any atom is 0.259 e. The first-order valence-electron chi connectivity index (χ1n) is 6.98. The third-order valence-corrected chi connectivity index (χ3v) is 3.27. The molecule has 4 nitrogen and oxygen atoms in total. The first-order valence-corrected chi connectivity index (χ1v) is 7.51. The number of alkyl halides is 1. The molecule has 0 radical (unpaired) electrons. The summed E-state index contributed by atoms with van der Waals surface area (Å²) in [5, 5.41) is 2.84. The highest BCUT2D eigenvalue weighted by Crippen LogP contribution is 2.26. The Morgan fingerprint density at radius 3 is 2.64 bits per heavy atom. The van der Waals surface area contributed by atoms with Crippen LogP contribution in [0.25, 0.3) is 0 Å². The van der Waals surface area contributed by atoms with Gasteiger partial charge in [0.15, 0.2) is 0 Å². The van der Waals surface area contributed by atoms with Crippen LogP contribution in [-0.2, 0) is 0 Å². The summed E-state index contributed by atoms with van der Waals surface area (Å²) in [5.41, 5.74) is 1.19. The zero-order chi connectivity index (χ0) is 15.8. The highest BCUT2D eigenvalue weighted by atomic mass is 35.5. The minimum atomic E-state index is -0.227. The van der Waals surface area contributed by atoms with E-state index in [2.05, 4.69) is 5.32 Å². The number of carbonyl (C=O) groups excluding carboxylic acids is 1. The molecule has 2 rings (SSSR count). The number of methoxy groups -OCH3 is 1. The van der Waals surface area contributed by atoms with E-state index in [1.54, 1.807) is 25.3 Å². The number of carbonyl (C=O) groups is 1. The molecule has 0 aromatic heterocycles. The number of nitrogens with one attached hydrogen (secondary N) is 1. The van der Waals surface area contributed by atoms with Gasteiger partial charge in [-0.1, -0.05) is 18.2 Å². The van der Waals surface area contributed by atoms with E-state index in [4.69, 9.17) is 21.1 Å². The Kier molecular flexibility index (Phi) is 6.10. The quantitative estimate of drug-likeness (QED) is 0.621. The van der Waals surface area contributed by atoms with Gasteiger partial charge in [-0.25, -0.2) is 0 Å². The molecule has 0 atom stereocenters. The number of para-hydroxylation sites is 1. The van der Waals surface area contributed by atoms with E-state index in [9.17, 15) is 4.79 Å². The molecule has 0 unspecified atom stereocenters. The predicted octanol–water partition coefficient (Wildman–Crippen LogP) is 3.96. The molecule has 22 heavy (non-hydrogen) atoms. The smallest absolute Gasteiger partial charge is 0.259 e. The van der Waals surface area contributed by atoms with E-state index in [-0.39, 0.29) is 5.91 Å². The molecule has 1 amide bonds. The zero-order valence-electron chi connectivity index (χ0n) is 12.3. The summed E-state index contributed by atoms with van der Waals surface area (Å²) in [6.45, 7) is 0.447. The summed E-state index contributed by atoms with van der Waals surface area (Å²) in [7, 11) is 1.57.